The number of hydrogen-bond donors (Lipinski definition) is 1. The number of hydrogen-bond acceptors (Lipinski definition) is 5. The van der Waals surface area contributed by atoms with E-state index in [1.807, 2.05) is 30.3 Å². The molecule has 0 heterocycles. The quantitative estimate of drug-likeness (QED) is 0.618. The Hall–Kier alpha value is -2.71. The van der Waals surface area contributed by atoms with E-state index in [2.05, 4.69) is 5.32 Å². The van der Waals surface area contributed by atoms with Gasteiger partial charge in [-0.2, -0.15) is 4.31 Å². The molecule has 0 spiro atoms. The molecule has 0 unspecified atom stereocenters. The van der Waals surface area contributed by atoms with Crippen molar-refractivity contribution < 1.29 is 22.7 Å². The fourth-order valence-electron chi connectivity index (χ4n) is 3.38. The molecule has 0 bridgehead atoms. The molecule has 1 N–H and O–H groups in total. The number of amides is 1. The number of carbonyl (C=O) groups excluding carboxylic acids is 2. The van der Waals surface area contributed by atoms with Crippen molar-refractivity contribution in [3.63, 3.8) is 0 Å². The third kappa shape index (κ3) is 4.55. The van der Waals surface area contributed by atoms with Crippen LogP contribution < -0.4 is 5.32 Å². The molecule has 160 valence electrons. The third-order valence-electron chi connectivity index (χ3n) is 5.28. The van der Waals surface area contributed by atoms with Crippen LogP contribution in [0.4, 0.5) is 5.69 Å². The van der Waals surface area contributed by atoms with Crippen LogP contribution in [0.5, 0.6) is 0 Å². The Labute approximate surface area is 177 Å². The maximum Gasteiger partial charge on any atom is 0.317 e. The van der Waals surface area contributed by atoms with Crippen LogP contribution >= 0.6 is 0 Å². The lowest BCUT2D eigenvalue weighted by Crippen LogP contribution is -2.30. The molecule has 0 aliphatic heterocycles. The van der Waals surface area contributed by atoms with Gasteiger partial charge in [-0.1, -0.05) is 44.2 Å². The number of anilines is 1. The summed E-state index contributed by atoms with van der Waals surface area (Å²) in [6.07, 6.45) is 1.42. The minimum Gasteiger partial charge on any atom is -0.455 e. The smallest absolute Gasteiger partial charge is 0.317 e. The molecular formula is C22H26N2O5S. The second-order valence-corrected chi connectivity index (χ2v) is 9.12. The number of carbonyl (C=O) groups is 2. The van der Waals surface area contributed by atoms with E-state index in [1.54, 1.807) is 13.8 Å². The number of ether oxygens (including phenoxy) is 1. The van der Waals surface area contributed by atoms with E-state index >= 15 is 0 Å². The van der Waals surface area contributed by atoms with Crippen LogP contribution in [0.1, 0.15) is 32.3 Å². The Kier molecular flexibility index (Phi) is 6.58. The van der Waals surface area contributed by atoms with Gasteiger partial charge in [-0.3, -0.25) is 9.59 Å². The summed E-state index contributed by atoms with van der Waals surface area (Å²) in [5.74, 6) is -0.879. The average Bonchev–Trinajstić information content (AvgIpc) is 3.56. The first-order chi connectivity index (χ1) is 14.3. The first kappa shape index (κ1) is 22.0. The first-order valence-electron chi connectivity index (χ1n) is 9.96. The molecule has 1 aliphatic carbocycles. The monoisotopic (exact) mass is 430 g/mol. The molecule has 1 amide bonds. The number of esters is 1. The van der Waals surface area contributed by atoms with Crippen LogP contribution in [-0.2, 0) is 29.8 Å². The summed E-state index contributed by atoms with van der Waals surface area (Å²) in [5, 5.41) is 2.62. The number of rotatable bonds is 9. The van der Waals surface area contributed by atoms with Crippen molar-refractivity contribution in [3.8, 4) is 0 Å². The fourth-order valence-corrected chi connectivity index (χ4v) is 4.84. The van der Waals surface area contributed by atoms with E-state index in [4.69, 9.17) is 4.74 Å². The average molecular weight is 431 g/mol. The predicted molar refractivity (Wildman–Crippen MR) is 113 cm³/mol. The standard InChI is InChI=1S/C22H26N2O5S/c1-3-24(4-2)30(27,28)19-12-10-18(11-13-19)23-20(25)16-29-21(26)22(14-15-22)17-8-6-5-7-9-17/h5-13H,3-4,14-16H2,1-2H3,(H,23,25). The molecule has 8 heteroatoms. The van der Waals surface area contributed by atoms with Crippen molar-refractivity contribution >= 4 is 27.6 Å². The Morgan fingerprint density at radius 1 is 1.00 bits per heavy atom. The lowest BCUT2D eigenvalue weighted by molar-refractivity contribution is -0.150. The molecule has 2 aromatic rings. The number of benzene rings is 2. The normalized spacial score (nSPS) is 14.9. The minimum atomic E-state index is -3.55. The highest BCUT2D eigenvalue weighted by Crippen LogP contribution is 2.49. The van der Waals surface area contributed by atoms with E-state index in [0.29, 0.717) is 31.6 Å². The van der Waals surface area contributed by atoms with Gasteiger partial charge in [-0.05, 0) is 42.7 Å². The van der Waals surface area contributed by atoms with Gasteiger partial charge in [0.05, 0.1) is 10.3 Å². The summed E-state index contributed by atoms with van der Waals surface area (Å²) in [7, 11) is -3.55. The van der Waals surface area contributed by atoms with Crippen molar-refractivity contribution in [1.29, 1.82) is 0 Å². The number of nitrogens with one attached hydrogen (secondary N) is 1. The van der Waals surface area contributed by atoms with E-state index in [9.17, 15) is 18.0 Å². The van der Waals surface area contributed by atoms with E-state index < -0.39 is 33.9 Å². The summed E-state index contributed by atoms with van der Waals surface area (Å²) in [6.45, 7) is 3.92. The maximum atomic E-state index is 12.5. The Bertz CT molecular complexity index is 996. The molecule has 7 nitrogen and oxygen atoms in total. The SMILES string of the molecule is CCN(CC)S(=O)(=O)c1ccc(NC(=O)COC(=O)C2(c3ccccc3)CC2)cc1. The molecule has 0 atom stereocenters. The summed E-state index contributed by atoms with van der Waals surface area (Å²) < 4.78 is 31.6. The molecule has 1 aliphatic rings. The first-order valence-corrected chi connectivity index (χ1v) is 11.4. The van der Waals surface area contributed by atoms with Gasteiger partial charge >= 0.3 is 5.97 Å². The van der Waals surface area contributed by atoms with Gasteiger partial charge in [0.1, 0.15) is 0 Å². The third-order valence-corrected chi connectivity index (χ3v) is 7.35. The Morgan fingerprint density at radius 2 is 1.60 bits per heavy atom. The summed E-state index contributed by atoms with van der Waals surface area (Å²) >= 11 is 0. The number of nitrogens with zero attached hydrogens (tertiary/aromatic N) is 1. The highest BCUT2D eigenvalue weighted by molar-refractivity contribution is 7.89. The van der Waals surface area contributed by atoms with Crippen LogP contribution in [0, 0.1) is 0 Å². The highest BCUT2D eigenvalue weighted by atomic mass is 32.2. The minimum absolute atomic E-state index is 0.161. The largest absolute Gasteiger partial charge is 0.455 e. The molecule has 0 aromatic heterocycles. The van der Waals surface area contributed by atoms with Crippen molar-refractivity contribution in [2.75, 3.05) is 25.0 Å². The van der Waals surface area contributed by atoms with Crippen LogP contribution in [0.15, 0.2) is 59.5 Å². The molecule has 1 saturated carbocycles. The fraction of sp³-hybridized carbons (Fsp3) is 0.364. The van der Waals surface area contributed by atoms with Crippen LogP contribution in [0.25, 0.3) is 0 Å². The molecule has 30 heavy (non-hydrogen) atoms. The van der Waals surface area contributed by atoms with E-state index in [1.165, 1.54) is 28.6 Å². The molecular weight excluding hydrogens is 404 g/mol. The molecule has 1 fully saturated rings. The Balaban J connectivity index is 1.56. The van der Waals surface area contributed by atoms with Gasteiger partial charge in [-0.15, -0.1) is 0 Å². The van der Waals surface area contributed by atoms with Crippen molar-refractivity contribution in [3.05, 3.63) is 60.2 Å². The molecule has 2 aromatic carbocycles. The van der Waals surface area contributed by atoms with E-state index in [-0.39, 0.29) is 4.90 Å². The van der Waals surface area contributed by atoms with E-state index in [0.717, 1.165) is 5.56 Å². The molecule has 0 saturated heterocycles. The van der Waals surface area contributed by atoms with Crippen molar-refractivity contribution in [1.82, 2.24) is 4.31 Å². The maximum absolute atomic E-state index is 12.5. The van der Waals surface area contributed by atoms with Crippen LogP contribution in [0.3, 0.4) is 0 Å². The topological polar surface area (TPSA) is 92.8 Å². The van der Waals surface area contributed by atoms with Gasteiger partial charge in [0.25, 0.3) is 5.91 Å². The zero-order valence-corrected chi connectivity index (χ0v) is 17.9. The predicted octanol–water partition coefficient (Wildman–Crippen LogP) is 2.93. The van der Waals surface area contributed by atoms with Gasteiger partial charge in [0, 0.05) is 18.8 Å². The van der Waals surface area contributed by atoms with Crippen LogP contribution in [0.2, 0.25) is 0 Å². The van der Waals surface area contributed by atoms with Crippen molar-refractivity contribution in [2.24, 2.45) is 0 Å². The van der Waals surface area contributed by atoms with Gasteiger partial charge in [0.15, 0.2) is 6.61 Å². The summed E-state index contributed by atoms with van der Waals surface area (Å²) in [5.41, 5.74) is 0.696. The van der Waals surface area contributed by atoms with Gasteiger partial charge in [0.2, 0.25) is 10.0 Å². The zero-order chi connectivity index (χ0) is 21.8. The lowest BCUT2D eigenvalue weighted by Gasteiger charge is -2.18. The second-order valence-electron chi connectivity index (χ2n) is 7.19. The van der Waals surface area contributed by atoms with Gasteiger partial charge < -0.3 is 10.1 Å². The lowest BCUT2D eigenvalue weighted by atomic mass is 9.96. The highest BCUT2D eigenvalue weighted by Gasteiger charge is 2.52. The number of sulfonamides is 1. The zero-order valence-electron chi connectivity index (χ0n) is 17.1. The van der Waals surface area contributed by atoms with Crippen molar-refractivity contribution in [2.45, 2.75) is 37.0 Å². The van der Waals surface area contributed by atoms with Gasteiger partial charge in [-0.25, -0.2) is 8.42 Å². The Morgan fingerprint density at radius 3 is 2.13 bits per heavy atom. The summed E-state index contributed by atoms with van der Waals surface area (Å²) in [4.78, 5) is 24.8. The second kappa shape index (κ2) is 8.97. The molecule has 0 radical (unpaired) electrons. The molecule has 3 rings (SSSR count). The van der Waals surface area contributed by atoms with Crippen LogP contribution in [-0.4, -0.2) is 44.3 Å². The summed E-state index contributed by atoms with van der Waals surface area (Å²) in [6, 6.07) is 15.3.